The molecule has 0 nitrogen and oxygen atoms in total. The first kappa shape index (κ1) is 8.25. The average Bonchev–Trinajstić information content (AvgIpc) is 2.47. The molecular weight excluding hydrogens is 199 g/mol. The molecule has 0 bridgehead atoms. The van der Waals surface area contributed by atoms with E-state index in [0.717, 1.165) is 21.9 Å². The summed E-state index contributed by atoms with van der Waals surface area (Å²) < 4.78 is 13.8. The Morgan fingerprint density at radius 3 is 2.36 bits per heavy atom. The zero-order valence-electron chi connectivity index (χ0n) is 7.37. The number of halogens is 2. The van der Waals surface area contributed by atoms with Gasteiger partial charge >= 0.3 is 0 Å². The number of hydrogen-bond donors (Lipinski definition) is 0. The molecule has 0 N–H and O–H groups in total. The van der Waals surface area contributed by atoms with E-state index in [4.69, 9.17) is 11.6 Å². The molecule has 0 spiro atoms. The molecular formula is C12H8ClF. The molecule has 0 aromatic heterocycles. The van der Waals surface area contributed by atoms with Gasteiger partial charge in [-0.1, -0.05) is 36.4 Å². The molecule has 70 valence electrons. The summed E-state index contributed by atoms with van der Waals surface area (Å²) in [5.41, 5.74) is 1.66. The first-order valence-corrected chi connectivity index (χ1v) is 5.02. The van der Waals surface area contributed by atoms with Crippen LogP contribution in [0, 0.1) is 0 Å². The predicted octanol–water partition coefficient (Wildman–Crippen LogP) is 4.14. The van der Waals surface area contributed by atoms with Crippen molar-refractivity contribution in [3.8, 4) is 0 Å². The van der Waals surface area contributed by atoms with Crippen molar-refractivity contribution in [1.82, 2.24) is 0 Å². The van der Waals surface area contributed by atoms with E-state index in [0.29, 0.717) is 0 Å². The van der Waals surface area contributed by atoms with E-state index < -0.39 is 11.5 Å². The summed E-state index contributed by atoms with van der Waals surface area (Å²) in [7, 11) is 0. The Morgan fingerprint density at radius 2 is 1.64 bits per heavy atom. The van der Waals surface area contributed by atoms with Crippen LogP contribution in [0.1, 0.15) is 22.7 Å². The lowest BCUT2D eigenvalue weighted by Crippen LogP contribution is -1.90. The van der Waals surface area contributed by atoms with Crippen LogP contribution in [0.25, 0.3) is 10.8 Å². The fourth-order valence-corrected chi connectivity index (χ4v) is 2.49. The summed E-state index contributed by atoms with van der Waals surface area (Å²) in [6, 6.07) is 11.5. The lowest BCUT2D eigenvalue weighted by Gasteiger charge is -2.04. The SMILES string of the molecule is F[C@H]1c2cccc3cccc(c23)[C@@H]1Cl. The van der Waals surface area contributed by atoms with Crippen molar-refractivity contribution in [2.24, 2.45) is 0 Å². The summed E-state index contributed by atoms with van der Waals surface area (Å²) in [4.78, 5) is 0. The molecule has 3 rings (SSSR count). The van der Waals surface area contributed by atoms with Gasteiger partial charge in [0.2, 0.25) is 0 Å². The Kier molecular flexibility index (Phi) is 1.59. The first-order valence-electron chi connectivity index (χ1n) is 4.59. The average molecular weight is 207 g/mol. The Bertz CT molecular complexity index is 464. The third-order valence-electron chi connectivity index (χ3n) is 2.82. The van der Waals surface area contributed by atoms with Crippen LogP contribution in [0.4, 0.5) is 4.39 Å². The van der Waals surface area contributed by atoms with Crippen LogP contribution in [0.3, 0.4) is 0 Å². The molecule has 0 aliphatic heterocycles. The Labute approximate surface area is 86.3 Å². The van der Waals surface area contributed by atoms with Gasteiger partial charge in [0.25, 0.3) is 0 Å². The third-order valence-corrected chi connectivity index (χ3v) is 3.28. The second kappa shape index (κ2) is 2.71. The molecule has 2 heteroatoms. The highest BCUT2D eigenvalue weighted by molar-refractivity contribution is 6.23. The van der Waals surface area contributed by atoms with Crippen molar-refractivity contribution < 1.29 is 4.39 Å². The van der Waals surface area contributed by atoms with E-state index in [1.54, 1.807) is 0 Å². The fraction of sp³-hybridized carbons (Fsp3) is 0.167. The molecule has 1 aliphatic carbocycles. The largest absolute Gasteiger partial charge is 0.240 e. The Hall–Kier alpha value is -1.08. The molecule has 0 saturated heterocycles. The summed E-state index contributed by atoms with van der Waals surface area (Å²) in [6.45, 7) is 0. The fourth-order valence-electron chi connectivity index (χ4n) is 2.17. The molecule has 0 heterocycles. The normalized spacial score (nSPS) is 24.4. The van der Waals surface area contributed by atoms with Crippen molar-refractivity contribution in [2.75, 3.05) is 0 Å². The number of hydrogen-bond acceptors (Lipinski definition) is 0. The highest BCUT2D eigenvalue weighted by Crippen LogP contribution is 2.49. The smallest absolute Gasteiger partial charge is 0.146 e. The van der Waals surface area contributed by atoms with Gasteiger partial charge in [-0.05, 0) is 21.9 Å². The van der Waals surface area contributed by atoms with Gasteiger partial charge in [-0.2, -0.15) is 0 Å². The summed E-state index contributed by atoms with van der Waals surface area (Å²) in [5.74, 6) is 0. The van der Waals surface area contributed by atoms with Crippen LogP contribution in [-0.2, 0) is 0 Å². The third kappa shape index (κ3) is 0.881. The van der Waals surface area contributed by atoms with Gasteiger partial charge in [0, 0.05) is 0 Å². The zero-order valence-corrected chi connectivity index (χ0v) is 8.13. The second-order valence-electron chi connectivity index (χ2n) is 3.60. The Balaban J connectivity index is 2.49. The summed E-state index contributed by atoms with van der Waals surface area (Å²) >= 11 is 6.02. The zero-order chi connectivity index (χ0) is 9.71. The van der Waals surface area contributed by atoms with E-state index >= 15 is 0 Å². The van der Waals surface area contributed by atoms with E-state index in [1.165, 1.54) is 0 Å². The predicted molar refractivity (Wildman–Crippen MR) is 56.4 cm³/mol. The minimum Gasteiger partial charge on any atom is -0.240 e. The number of rotatable bonds is 0. The molecule has 0 unspecified atom stereocenters. The van der Waals surface area contributed by atoms with E-state index in [9.17, 15) is 4.39 Å². The lowest BCUT2D eigenvalue weighted by molar-refractivity contribution is 0.345. The minimum atomic E-state index is -1.06. The monoisotopic (exact) mass is 206 g/mol. The molecule has 2 aromatic rings. The van der Waals surface area contributed by atoms with E-state index in [1.807, 2.05) is 36.4 Å². The van der Waals surface area contributed by atoms with E-state index in [2.05, 4.69) is 0 Å². The molecule has 0 saturated carbocycles. The summed E-state index contributed by atoms with van der Waals surface area (Å²) in [6.07, 6.45) is -1.06. The summed E-state index contributed by atoms with van der Waals surface area (Å²) in [5, 5.41) is 1.56. The van der Waals surface area contributed by atoms with Crippen molar-refractivity contribution in [1.29, 1.82) is 0 Å². The lowest BCUT2D eigenvalue weighted by atomic mass is 10.1. The molecule has 14 heavy (non-hydrogen) atoms. The maximum absolute atomic E-state index is 13.8. The van der Waals surface area contributed by atoms with Crippen LogP contribution in [0.5, 0.6) is 0 Å². The van der Waals surface area contributed by atoms with Gasteiger partial charge in [0.15, 0.2) is 0 Å². The molecule has 0 radical (unpaired) electrons. The van der Waals surface area contributed by atoms with Gasteiger partial charge < -0.3 is 0 Å². The van der Waals surface area contributed by atoms with Crippen LogP contribution in [-0.4, -0.2) is 0 Å². The minimum absolute atomic E-state index is 0.517. The van der Waals surface area contributed by atoms with Crippen molar-refractivity contribution in [3.63, 3.8) is 0 Å². The van der Waals surface area contributed by atoms with Crippen LogP contribution in [0.15, 0.2) is 36.4 Å². The van der Waals surface area contributed by atoms with Crippen LogP contribution < -0.4 is 0 Å². The van der Waals surface area contributed by atoms with Gasteiger partial charge in [-0.3, -0.25) is 0 Å². The van der Waals surface area contributed by atoms with Crippen molar-refractivity contribution in [2.45, 2.75) is 11.5 Å². The first-order chi connectivity index (χ1) is 6.79. The second-order valence-corrected chi connectivity index (χ2v) is 4.07. The van der Waals surface area contributed by atoms with Gasteiger partial charge in [-0.15, -0.1) is 11.6 Å². The van der Waals surface area contributed by atoms with Crippen molar-refractivity contribution >= 4 is 22.4 Å². The van der Waals surface area contributed by atoms with Gasteiger partial charge in [0.1, 0.15) is 6.17 Å². The van der Waals surface area contributed by atoms with Gasteiger partial charge in [-0.25, -0.2) is 4.39 Å². The maximum Gasteiger partial charge on any atom is 0.146 e. The molecule has 1 aliphatic rings. The van der Waals surface area contributed by atoms with Crippen LogP contribution in [0.2, 0.25) is 0 Å². The molecule has 2 atom stereocenters. The molecule has 0 amide bonds. The number of alkyl halides is 2. The topological polar surface area (TPSA) is 0 Å². The quantitative estimate of drug-likeness (QED) is 0.569. The molecule has 0 fully saturated rings. The van der Waals surface area contributed by atoms with Crippen LogP contribution >= 0.6 is 11.6 Å². The van der Waals surface area contributed by atoms with Gasteiger partial charge in [0.05, 0.1) is 5.38 Å². The van der Waals surface area contributed by atoms with Crippen molar-refractivity contribution in [3.05, 3.63) is 47.5 Å². The standard InChI is InChI=1S/C12H8ClF/c13-11-8-5-1-3-7-4-2-6-9(10(7)8)12(11)14/h1-6,11-12H/t11-,12-/m0/s1. The highest BCUT2D eigenvalue weighted by Gasteiger charge is 2.32. The highest BCUT2D eigenvalue weighted by atomic mass is 35.5. The Morgan fingerprint density at radius 1 is 1.00 bits per heavy atom. The van der Waals surface area contributed by atoms with E-state index in [-0.39, 0.29) is 0 Å². The molecule has 2 aromatic carbocycles. The number of benzene rings is 2. The maximum atomic E-state index is 13.8.